The fraction of sp³-hybridized carbons (Fsp3) is 0. The Morgan fingerprint density at radius 2 is 1.62 bits per heavy atom. The third-order valence-corrected chi connectivity index (χ3v) is 2.93. The van der Waals surface area contributed by atoms with Gasteiger partial charge in [-0.05, 0) is 36.4 Å². The van der Waals surface area contributed by atoms with Gasteiger partial charge in [-0.3, -0.25) is 4.79 Å². The number of carbonyl (C=O) groups excluding carboxylic acids is 1. The van der Waals surface area contributed by atoms with Crippen LogP contribution in [0.3, 0.4) is 0 Å². The van der Waals surface area contributed by atoms with E-state index in [0.29, 0.717) is 0 Å². The lowest BCUT2D eigenvalue weighted by atomic mass is 10.1. The summed E-state index contributed by atoms with van der Waals surface area (Å²) in [6, 6.07) is 6.25. The molecule has 0 atom stereocenters. The Bertz CT molecular complexity index is 734. The average Bonchev–Trinajstić information content (AvgIpc) is 2.43. The van der Waals surface area contributed by atoms with E-state index in [9.17, 15) is 18.4 Å². The second-order valence-electron chi connectivity index (χ2n) is 4.08. The molecule has 1 amide bonds. The van der Waals surface area contributed by atoms with Gasteiger partial charge in [-0.1, -0.05) is 11.6 Å². The standard InChI is InChI=1S/C14H8ClF2NO3/c15-9-5-7(1-3-10(9)16)13(19)18-12-6-8(14(20)21)2-4-11(12)17/h1-6H,(H,18,19)(H,20,21). The predicted octanol–water partition coefficient (Wildman–Crippen LogP) is 3.57. The van der Waals surface area contributed by atoms with E-state index in [4.69, 9.17) is 16.7 Å². The lowest BCUT2D eigenvalue weighted by Gasteiger charge is -2.08. The fourth-order valence-electron chi connectivity index (χ4n) is 1.59. The predicted molar refractivity (Wildman–Crippen MR) is 72.7 cm³/mol. The third-order valence-electron chi connectivity index (χ3n) is 2.64. The van der Waals surface area contributed by atoms with Crippen molar-refractivity contribution in [1.29, 1.82) is 0 Å². The zero-order chi connectivity index (χ0) is 15.6. The minimum absolute atomic E-state index is 0.0153. The van der Waals surface area contributed by atoms with Gasteiger partial charge in [-0.15, -0.1) is 0 Å². The van der Waals surface area contributed by atoms with Crippen LogP contribution in [0.5, 0.6) is 0 Å². The van der Waals surface area contributed by atoms with Crippen molar-refractivity contribution in [2.45, 2.75) is 0 Å². The summed E-state index contributed by atoms with van der Waals surface area (Å²) in [4.78, 5) is 22.7. The molecule has 2 N–H and O–H groups in total. The first-order valence-electron chi connectivity index (χ1n) is 5.67. The van der Waals surface area contributed by atoms with Crippen LogP contribution in [-0.4, -0.2) is 17.0 Å². The Hall–Kier alpha value is -2.47. The molecular formula is C14H8ClF2NO3. The van der Waals surface area contributed by atoms with Crippen molar-refractivity contribution in [2.75, 3.05) is 5.32 Å². The van der Waals surface area contributed by atoms with Crippen LogP contribution in [0.15, 0.2) is 36.4 Å². The second kappa shape index (κ2) is 5.88. The van der Waals surface area contributed by atoms with Crippen molar-refractivity contribution < 1.29 is 23.5 Å². The number of aromatic carboxylic acids is 1. The van der Waals surface area contributed by atoms with Gasteiger partial charge >= 0.3 is 5.97 Å². The maximum atomic E-state index is 13.6. The fourth-order valence-corrected chi connectivity index (χ4v) is 1.77. The Morgan fingerprint density at radius 3 is 2.24 bits per heavy atom. The minimum atomic E-state index is -1.25. The Kier molecular flexibility index (Phi) is 4.18. The number of nitrogens with one attached hydrogen (secondary N) is 1. The molecule has 0 saturated carbocycles. The largest absolute Gasteiger partial charge is 0.478 e. The van der Waals surface area contributed by atoms with E-state index in [1.807, 2.05) is 0 Å². The zero-order valence-electron chi connectivity index (χ0n) is 10.4. The molecule has 2 rings (SSSR count). The summed E-state index contributed by atoms with van der Waals surface area (Å²) in [5, 5.41) is 10.8. The molecule has 0 spiro atoms. The Balaban J connectivity index is 2.28. The van der Waals surface area contributed by atoms with Crippen molar-refractivity contribution in [3.8, 4) is 0 Å². The number of amides is 1. The van der Waals surface area contributed by atoms with Crippen molar-refractivity contribution in [3.63, 3.8) is 0 Å². The highest BCUT2D eigenvalue weighted by atomic mass is 35.5. The first kappa shape index (κ1) is 14.9. The SMILES string of the molecule is O=C(O)c1ccc(F)c(NC(=O)c2ccc(F)c(Cl)c2)c1. The summed E-state index contributed by atoms with van der Waals surface area (Å²) >= 11 is 5.55. The van der Waals surface area contributed by atoms with Gasteiger partial charge in [0.2, 0.25) is 0 Å². The first-order valence-corrected chi connectivity index (χ1v) is 6.05. The molecule has 2 aromatic carbocycles. The van der Waals surface area contributed by atoms with E-state index in [2.05, 4.69) is 5.32 Å². The average molecular weight is 312 g/mol. The van der Waals surface area contributed by atoms with E-state index in [-0.39, 0.29) is 21.8 Å². The van der Waals surface area contributed by atoms with Gasteiger partial charge in [-0.2, -0.15) is 0 Å². The van der Waals surface area contributed by atoms with Crippen LogP contribution < -0.4 is 5.32 Å². The van der Waals surface area contributed by atoms with E-state index in [0.717, 1.165) is 30.3 Å². The molecule has 0 aliphatic carbocycles. The molecule has 2 aromatic rings. The molecule has 7 heteroatoms. The number of carboxylic acid groups (broad SMARTS) is 1. The van der Waals surface area contributed by atoms with Gasteiger partial charge in [0.1, 0.15) is 11.6 Å². The maximum absolute atomic E-state index is 13.6. The summed E-state index contributed by atoms with van der Waals surface area (Å²) in [6.07, 6.45) is 0. The van der Waals surface area contributed by atoms with Gasteiger partial charge in [0.05, 0.1) is 16.3 Å². The minimum Gasteiger partial charge on any atom is -0.478 e. The molecule has 0 aliphatic heterocycles. The summed E-state index contributed by atoms with van der Waals surface area (Å²) in [5.74, 6) is -3.47. The topological polar surface area (TPSA) is 66.4 Å². The molecule has 0 bridgehead atoms. The highest BCUT2D eigenvalue weighted by Gasteiger charge is 2.13. The third kappa shape index (κ3) is 3.35. The van der Waals surface area contributed by atoms with E-state index >= 15 is 0 Å². The van der Waals surface area contributed by atoms with Gasteiger partial charge in [0.25, 0.3) is 5.91 Å². The van der Waals surface area contributed by atoms with E-state index in [1.165, 1.54) is 6.07 Å². The van der Waals surface area contributed by atoms with Crippen molar-refractivity contribution >= 4 is 29.2 Å². The highest BCUT2D eigenvalue weighted by molar-refractivity contribution is 6.31. The highest BCUT2D eigenvalue weighted by Crippen LogP contribution is 2.20. The lowest BCUT2D eigenvalue weighted by Crippen LogP contribution is -2.14. The number of benzene rings is 2. The molecule has 0 aromatic heterocycles. The van der Waals surface area contributed by atoms with Crippen LogP contribution in [0.1, 0.15) is 20.7 Å². The smallest absolute Gasteiger partial charge is 0.335 e. The zero-order valence-corrected chi connectivity index (χ0v) is 11.1. The quantitative estimate of drug-likeness (QED) is 0.910. The maximum Gasteiger partial charge on any atom is 0.335 e. The number of carboxylic acids is 1. The van der Waals surface area contributed by atoms with E-state index < -0.39 is 23.5 Å². The molecule has 4 nitrogen and oxygen atoms in total. The number of carbonyl (C=O) groups is 2. The van der Waals surface area contributed by atoms with Crippen LogP contribution in [0, 0.1) is 11.6 Å². The van der Waals surface area contributed by atoms with Crippen LogP contribution in [0.4, 0.5) is 14.5 Å². The Morgan fingerprint density at radius 1 is 1.00 bits per heavy atom. The van der Waals surface area contributed by atoms with Crippen LogP contribution in [-0.2, 0) is 0 Å². The number of hydrogen-bond donors (Lipinski definition) is 2. The molecule has 108 valence electrons. The van der Waals surface area contributed by atoms with Gasteiger partial charge in [0, 0.05) is 5.56 Å². The summed E-state index contributed by atoms with van der Waals surface area (Å²) < 4.78 is 26.6. The molecular weight excluding hydrogens is 304 g/mol. The summed E-state index contributed by atoms with van der Waals surface area (Å²) in [5.41, 5.74) is -0.453. The van der Waals surface area contributed by atoms with Crippen LogP contribution in [0.2, 0.25) is 5.02 Å². The van der Waals surface area contributed by atoms with Crippen LogP contribution >= 0.6 is 11.6 Å². The number of anilines is 1. The number of hydrogen-bond acceptors (Lipinski definition) is 2. The van der Waals surface area contributed by atoms with Gasteiger partial charge < -0.3 is 10.4 Å². The second-order valence-corrected chi connectivity index (χ2v) is 4.49. The van der Waals surface area contributed by atoms with Crippen LogP contribution in [0.25, 0.3) is 0 Å². The Labute approximate surface area is 123 Å². The van der Waals surface area contributed by atoms with Gasteiger partial charge in [-0.25, -0.2) is 13.6 Å². The molecule has 0 aliphatic rings. The molecule has 21 heavy (non-hydrogen) atoms. The first-order chi connectivity index (χ1) is 9.88. The molecule has 0 fully saturated rings. The summed E-state index contributed by atoms with van der Waals surface area (Å²) in [7, 11) is 0. The lowest BCUT2D eigenvalue weighted by molar-refractivity contribution is 0.0696. The van der Waals surface area contributed by atoms with Crippen molar-refractivity contribution in [3.05, 3.63) is 64.2 Å². The summed E-state index contributed by atoms with van der Waals surface area (Å²) in [6.45, 7) is 0. The number of rotatable bonds is 3. The van der Waals surface area contributed by atoms with Crippen molar-refractivity contribution in [1.82, 2.24) is 0 Å². The molecule has 0 radical (unpaired) electrons. The van der Waals surface area contributed by atoms with E-state index in [1.54, 1.807) is 0 Å². The monoisotopic (exact) mass is 311 g/mol. The molecule has 0 saturated heterocycles. The van der Waals surface area contributed by atoms with Crippen molar-refractivity contribution in [2.24, 2.45) is 0 Å². The molecule has 0 unspecified atom stereocenters. The number of halogens is 3. The van der Waals surface area contributed by atoms with Gasteiger partial charge in [0.15, 0.2) is 0 Å². The normalized spacial score (nSPS) is 10.2. The molecule has 0 heterocycles.